The van der Waals surface area contributed by atoms with Crippen LogP contribution in [0.15, 0.2) is 0 Å². The first-order valence-corrected chi connectivity index (χ1v) is 3.72. The Balaban J connectivity index is 0. The van der Waals surface area contributed by atoms with Crippen LogP contribution in [0.5, 0.6) is 0 Å². The van der Waals surface area contributed by atoms with E-state index in [0.29, 0.717) is 0 Å². The third-order valence-electron chi connectivity index (χ3n) is 0. The predicted molar refractivity (Wildman–Crippen MR) is 7.55 cm³/mol. The van der Waals surface area contributed by atoms with Gasteiger partial charge < -0.3 is 0 Å². The molecule has 3 nitrogen and oxygen atoms in total. The van der Waals surface area contributed by atoms with Gasteiger partial charge in [-0.2, -0.15) is 0 Å². The first-order chi connectivity index (χ1) is 2.00. The normalized spacial score (nSPS) is 9.83. The summed E-state index contributed by atoms with van der Waals surface area (Å²) in [5.41, 5.74) is 0. The van der Waals surface area contributed by atoms with Crippen LogP contribution in [0, 0.1) is 0 Å². The Morgan fingerprint density at radius 1 is 1.50 bits per heavy atom. The molecule has 43 valence electrons. The molecular formula is AgAsFO3-2. The second kappa shape index (κ2) is 3.02. The van der Waals surface area contributed by atoms with Crippen molar-refractivity contribution in [2.45, 2.75) is 0 Å². The summed E-state index contributed by atoms with van der Waals surface area (Å²) in [6, 6.07) is 0. The van der Waals surface area contributed by atoms with Crippen molar-refractivity contribution in [2.75, 3.05) is 0 Å². The van der Waals surface area contributed by atoms with E-state index in [1.165, 1.54) is 0 Å². The van der Waals surface area contributed by atoms with Crippen LogP contribution in [0.1, 0.15) is 0 Å². The van der Waals surface area contributed by atoms with E-state index in [0.717, 1.165) is 0 Å². The molecule has 0 aliphatic heterocycles. The largest absolute Gasteiger partial charge is 0 e. The molecule has 0 spiro atoms. The number of halogens is 1. The molecule has 0 aliphatic rings. The van der Waals surface area contributed by atoms with Crippen molar-refractivity contribution in [3.63, 3.8) is 0 Å². The molecule has 0 fully saturated rings. The number of rotatable bonds is 0. The van der Waals surface area contributed by atoms with Gasteiger partial charge in [-0.15, -0.1) is 0 Å². The van der Waals surface area contributed by atoms with Gasteiger partial charge in [0.15, 0.2) is 0 Å². The third-order valence-corrected chi connectivity index (χ3v) is 0. The summed E-state index contributed by atoms with van der Waals surface area (Å²) >= 11 is -6.12. The summed E-state index contributed by atoms with van der Waals surface area (Å²) in [5, 5.41) is 0. The second-order valence-corrected chi connectivity index (χ2v) is 2.24. The Morgan fingerprint density at radius 2 is 1.50 bits per heavy atom. The van der Waals surface area contributed by atoms with E-state index in [9.17, 15) is 3.47 Å². The molecule has 0 saturated heterocycles. The molecule has 0 aliphatic carbocycles. The molecule has 0 aromatic carbocycles. The first kappa shape index (κ1) is 10.0. The minimum absolute atomic E-state index is 0. The van der Waals surface area contributed by atoms with Gasteiger partial charge >= 0.3 is 30.0 Å². The first-order valence-electron chi connectivity index (χ1n) is 0.717. The van der Waals surface area contributed by atoms with E-state index in [1.54, 1.807) is 0 Å². The fourth-order valence-corrected chi connectivity index (χ4v) is 0. The van der Waals surface area contributed by atoms with E-state index < -0.39 is 14.6 Å². The van der Waals surface area contributed by atoms with Crippen molar-refractivity contribution in [3.8, 4) is 0 Å². The van der Waals surface area contributed by atoms with Gasteiger partial charge in [-0.05, 0) is 0 Å². The molecule has 0 rings (SSSR count). The van der Waals surface area contributed by atoms with Gasteiger partial charge in [0.25, 0.3) is 0 Å². The van der Waals surface area contributed by atoms with Crippen molar-refractivity contribution < 1.29 is 37.8 Å². The standard InChI is InChI=1S/Ag.AsFH2O3/c;2-1(3,4)5/h;(H2,3,4,5)/p-2. The molecular weight excluding hydrogens is 250 g/mol. The summed E-state index contributed by atoms with van der Waals surface area (Å²) < 4.78 is 35.7. The van der Waals surface area contributed by atoms with Gasteiger partial charge in [-0.3, -0.25) is 0 Å². The third kappa shape index (κ3) is 85.7. The van der Waals surface area contributed by atoms with Crippen LogP contribution < -0.4 is 8.19 Å². The molecule has 0 aromatic rings. The van der Waals surface area contributed by atoms with E-state index in [2.05, 4.69) is 0 Å². The van der Waals surface area contributed by atoms with Crippen molar-refractivity contribution >= 4 is 14.6 Å². The SMILES string of the molecule is O=[As]([O-])([O-])F.[Ag]. The smallest absolute Gasteiger partial charge is 0 e. The second-order valence-electron chi connectivity index (χ2n) is 0.431. The summed E-state index contributed by atoms with van der Waals surface area (Å²) in [7, 11) is 0. The van der Waals surface area contributed by atoms with Crippen LogP contribution in [0.2, 0.25) is 0 Å². The van der Waals surface area contributed by atoms with E-state index in [-0.39, 0.29) is 22.4 Å². The zero-order chi connectivity index (χ0) is 4.50. The molecule has 6 heavy (non-hydrogen) atoms. The fraction of sp³-hybridized carbons (Fsp3) is 0. The molecule has 1 radical (unpaired) electrons. The molecule has 0 atom stereocenters. The molecule has 0 aromatic heterocycles. The molecule has 0 amide bonds. The maximum atomic E-state index is 10.2. The predicted octanol–water partition coefficient (Wildman–Crippen LogP) is -2.46. The number of hydrogen-bond acceptors (Lipinski definition) is 3. The molecule has 0 heterocycles. The van der Waals surface area contributed by atoms with E-state index in [4.69, 9.17) is 11.9 Å². The minimum atomic E-state index is -6.12. The average molecular weight is 250 g/mol. The Hall–Kier alpha value is 0.949. The molecule has 0 N–H and O–H groups in total. The Bertz CT molecular complexity index is 56.9. The zero-order valence-electron chi connectivity index (χ0n) is 2.35. The van der Waals surface area contributed by atoms with Crippen LogP contribution in [0.25, 0.3) is 0 Å². The van der Waals surface area contributed by atoms with E-state index in [1.807, 2.05) is 0 Å². The molecule has 6 heteroatoms. The van der Waals surface area contributed by atoms with Crippen molar-refractivity contribution in [1.82, 2.24) is 0 Å². The van der Waals surface area contributed by atoms with Gasteiger partial charge in [0, 0.05) is 22.4 Å². The summed E-state index contributed by atoms with van der Waals surface area (Å²) in [4.78, 5) is 0. The zero-order valence-corrected chi connectivity index (χ0v) is 5.71. The fourth-order valence-electron chi connectivity index (χ4n) is 0. The minimum Gasteiger partial charge on any atom is 0 e. The van der Waals surface area contributed by atoms with Gasteiger partial charge in [-0.25, -0.2) is 0 Å². The quantitative estimate of drug-likeness (QED) is 0.448. The Morgan fingerprint density at radius 3 is 1.50 bits per heavy atom. The summed E-state index contributed by atoms with van der Waals surface area (Å²) in [6.07, 6.45) is 0. The van der Waals surface area contributed by atoms with Crippen LogP contribution >= 0.6 is 0 Å². The van der Waals surface area contributed by atoms with Crippen LogP contribution in [-0.2, 0) is 26.1 Å². The van der Waals surface area contributed by atoms with Crippen LogP contribution in [0.3, 0.4) is 0 Å². The van der Waals surface area contributed by atoms with Gasteiger partial charge in [0.05, 0.1) is 0 Å². The summed E-state index contributed by atoms with van der Waals surface area (Å²) in [6.45, 7) is 0. The maximum absolute atomic E-state index is 10.2. The van der Waals surface area contributed by atoms with Gasteiger partial charge in [0.1, 0.15) is 0 Å². The Kier molecular flexibility index (Phi) is 5.05. The monoisotopic (exact) mass is 249 g/mol. The number of hydrogen-bond donors (Lipinski definition) is 0. The Labute approximate surface area is 52.6 Å². The van der Waals surface area contributed by atoms with Gasteiger partial charge in [0.2, 0.25) is 0 Å². The molecule has 0 saturated carbocycles. The van der Waals surface area contributed by atoms with Crippen LogP contribution in [-0.4, -0.2) is 14.6 Å². The van der Waals surface area contributed by atoms with E-state index >= 15 is 0 Å². The van der Waals surface area contributed by atoms with Crippen molar-refractivity contribution in [2.24, 2.45) is 0 Å². The van der Waals surface area contributed by atoms with Crippen LogP contribution in [0.4, 0.5) is 3.47 Å². The summed E-state index contributed by atoms with van der Waals surface area (Å²) in [5.74, 6) is 0. The average Bonchev–Trinajstić information content (AvgIpc) is 0.722. The maximum Gasteiger partial charge on any atom is 0 e. The molecule has 0 bridgehead atoms. The molecule has 0 unspecified atom stereocenters. The van der Waals surface area contributed by atoms with Crippen molar-refractivity contribution in [1.29, 1.82) is 0 Å². The van der Waals surface area contributed by atoms with Crippen molar-refractivity contribution in [3.05, 3.63) is 0 Å². The topological polar surface area (TPSA) is 63.2 Å². The van der Waals surface area contributed by atoms with Gasteiger partial charge in [-0.1, -0.05) is 0 Å².